The standard InChI is InChI=1S/C13H8N2O4/c16-13(11-5-6-12(19-11)15(17)18)14-8-7-9-3-1-2-4-10(9)14/h1-8H. The lowest BCUT2D eigenvalue weighted by Crippen LogP contribution is -2.09. The van der Waals surface area contributed by atoms with Crippen LogP contribution < -0.4 is 0 Å². The number of benzene rings is 1. The monoisotopic (exact) mass is 256 g/mol. The molecule has 2 aromatic heterocycles. The summed E-state index contributed by atoms with van der Waals surface area (Å²) in [6, 6.07) is 11.6. The molecule has 3 aromatic rings. The molecule has 0 aliphatic rings. The average molecular weight is 256 g/mol. The van der Waals surface area contributed by atoms with Gasteiger partial charge in [0.15, 0.2) is 5.76 Å². The van der Waals surface area contributed by atoms with Gasteiger partial charge in [-0.25, -0.2) is 0 Å². The Balaban J connectivity index is 2.05. The number of rotatable bonds is 2. The van der Waals surface area contributed by atoms with Crippen molar-refractivity contribution in [2.45, 2.75) is 0 Å². The minimum Gasteiger partial charge on any atom is -0.395 e. The molecule has 6 heteroatoms. The van der Waals surface area contributed by atoms with Crippen LogP contribution in [0.4, 0.5) is 5.88 Å². The highest BCUT2D eigenvalue weighted by atomic mass is 16.6. The molecule has 0 saturated carbocycles. The van der Waals surface area contributed by atoms with Crippen LogP contribution in [0.1, 0.15) is 10.6 Å². The first-order valence-electron chi connectivity index (χ1n) is 5.52. The number of carbonyl (C=O) groups is 1. The number of nitrogens with zero attached hydrogens (tertiary/aromatic N) is 2. The average Bonchev–Trinajstić information content (AvgIpc) is 3.05. The summed E-state index contributed by atoms with van der Waals surface area (Å²) in [5.41, 5.74) is 0.728. The van der Waals surface area contributed by atoms with Crippen LogP contribution >= 0.6 is 0 Å². The van der Waals surface area contributed by atoms with E-state index in [0.717, 1.165) is 10.9 Å². The fourth-order valence-electron chi connectivity index (χ4n) is 1.92. The van der Waals surface area contributed by atoms with Gasteiger partial charge in [-0.3, -0.25) is 19.5 Å². The summed E-state index contributed by atoms with van der Waals surface area (Å²) in [7, 11) is 0. The molecule has 0 atom stereocenters. The predicted octanol–water partition coefficient (Wildman–Crippen LogP) is 2.83. The van der Waals surface area contributed by atoms with Gasteiger partial charge in [0.05, 0.1) is 11.6 Å². The zero-order chi connectivity index (χ0) is 13.4. The maximum absolute atomic E-state index is 12.2. The molecular weight excluding hydrogens is 248 g/mol. The van der Waals surface area contributed by atoms with Gasteiger partial charge in [-0.2, -0.15) is 0 Å². The van der Waals surface area contributed by atoms with Crippen molar-refractivity contribution >= 4 is 22.7 Å². The minimum atomic E-state index is -0.676. The van der Waals surface area contributed by atoms with Gasteiger partial charge in [0.2, 0.25) is 0 Å². The largest absolute Gasteiger partial charge is 0.433 e. The number of para-hydroxylation sites is 1. The lowest BCUT2D eigenvalue weighted by molar-refractivity contribution is -0.402. The molecule has 0 unspecified atom stereocenters. The first-order valence-corrected chi connectivity index (χ1v) is 5.52. The molecule has 0 saturated heterocycles. The third kappa shape index (κ3) is 1.79. The summed E-state index contributed by atoms with van der Waals surface area (Å²) in [6.07, 6.45) is 1.61. The fraction of sp³-hybridized carbons (Fsp3) is 0. The third-order valence-corrected chi connectivity index (χ3v) is 2.80. The molecule has 1 aromatic carbocycles. The number of hydrogen-bond donors (Lipinski definition) is 0. The maximum Gasteiger partial charge on any atom is 0.433 e. The second kappa shape index (κ2) is 4.09. The minimum absolute atomic E-state index is 0.0620. The van der Waals surface area contributed by atoms with Crippen LogP contribution in [0.5, 0.6) is 0 Å². The zero-order valence-corrected chi connectivity index (χ0v) is 9.65. The molecule has 94 valence electrons. The van der Waals surface area contributed by atoms with Crippen molar-refractivity contribution in [3.8, 4) is 0 Å². The number of aromatic nitrogens is 1. The van der Waals surface area contributed by atoms with Crippen molar-refractivity contribution in [1.82, 2.24) is 4.57 Å². The van der Waals surface area contributed by atoms with Crippen molar-refractivity contribution in [3.63, 3.8) is 0 Å². The molecule has 6 nitrogen and oxygen atoms in total. The molecule has 2 heterocycles. The van der Waals surface area contributed by atoms with Crippen LogP contribution in [0, 0.1) is 10.1 Å². The third-order valence-electron chi connectivity index (χ3n) is 2.80. The molecule has 0 bridgehead atoms. The van der Waals surface area contributed by atoms with E-state index in [4.69, 9.17) is 4.42 Å². The van der Waals surface area contributed by atoms with E-state index in [1.165, 1.54) is 16.7 Å². The predicted molar refractivity (Wildman–Crippen MR) is 67.0 cm³/mol. The lowest BCUT2D eigenvalue weighted by Gasteiger charge is -2.00. The van der Waals surface area contributed by atoms with E-state index < -0.39 is 16.7 Å². The van der Waals surface area contributed by atoms with Gasteiger partial charge in [0, 0.05) is 11.6 Å². The van der Waals surface area contributed by atoms with Gasteiger partial charge in [-0.05, 0) is 18.2 Å². The molecule has 0 radical (unpaired) electrons. The summed E-state index contributed by atoms with van der Waals surface area (Å²) in [6.45, 7) is 0. The first kappa shape index (κ1) is 11.2. The number of hydrogen-bond acceptors (Lipinski definition) is 4. The lowest BCUT2D eigenvalue weighted by atomic mass is 10.2. The highest BCUT2D eigenvalue weighted by Crippen LogP contribution is 2.20. The van der Waals surface area contributed by atoms with Gasteiger partial charge in [-0.1, -0.05) is 18.2 Å². The van der Waals surface area contributed by atoms with Gasteiger partial charge in [0.1, 0.15) is 4.92 Å². The van der Waals surface area contributed by atoms with E-state index in [9.17, 15) is 14.9 Å². The normalized spacial score (nSPS) is 10.7. The summed E-state index contributed by atoms with van der Waals surface area (Å²) >= 11 is 0. The Morgan fingerprint density at radius 1 is 1.16 bits per heavy atom. The van der Waals surface area contributed by atoms with Crippen molar-refractivity contribution in [2.24, 2.45) is 0 Å². The van der Waals surface area contributed by atoms with Crippen molar-refractivity contribution in [1.29, 1.82) is 0 Å². The summed E-state index contributed by atoms with van der Waals surface area (Å²) in [5, 5.41) is 11.4. The van der Waals surface area contributed by atoms with E-state index in [-0.39, 0.29) is 5.76 Å². The SMILES string of the molecule is O=C(c1ccc([N+](=O)[O-])o1)n1ccc2ccccc21. The highest BCUT2D eigenvalue weighted by Gasteiger charge is 2.19. The van der Waals surface area contributed by atoms with Gasteiger partial charge >= 0.3 is 5.88 Å². The van der Waals surface area contributed by atoms with Crippen LogP contribution in [-0.2, 0) is 0 Å². The van der Waals surface area contributed by atoms with Crippen LogP contribution in [0.3, 0.4) is 0 Å². The maximum atomic E-state index is 12.2. The molecule has 0 amide bonds. The van der Waals surface area contributed by atoms with Crippen LogP contribution in [0.25, 0.3) is 10.9 Å². The number of nitro groups is 1. The highest BCUT2D eigenvalue weighted by molar-refractivity contribution is 6.00. The van der Waals surface area contributed by atoms with E-state index in [0.29, 0.717) is 0 Å². The van der Waals surface area contributed by atoms with Crippen molar-refractivity contribution in [2.75, 3.05) is 0 Å². The van der Waals surface area contributed by atoms with E-state index in [1.807, 2.05) is 18.2 Å². The van der Waals surface area contributed by atoms with Gasteiger partial charge in [-0.15, -0.1) is 0 Å². The smallest absolute Gasteiger partial charge is 0.395 e. The first-order chi connectivity index (χ1) is 9.16. The summed E-state index contributed by atoms with van der Waals surface area (Å²) in [5.74, 6) is -0.942. The molecule has 0 fully saturated rings. The van der Waals surface area contributed by atoms with Crippen LogP contribution in [0.2, 0.25) is 0 Å². The van der Waals surface area contributed by atoms with Crippen LogP contribution in [-0.4, -0.2) is 15.4 Å². The fourth-order valence-corrected chi connectivity index (χ4v) is 1.92. The van der Waals surface area contributed by atoms with Gasteiger partial charge < -0.3 is 4.42 Å². The zero-order valence-electron chi connectivity index (χ0n) is 9.65. The molecule has 3 rings (SSSR count). The molecular formula is C13H8N2O4. The van der Waals surface area contributed by atoms with Crippen molar-refractivity contribution in [3.05, 3.63) is 64.5 Å². The Hall–Kier alpha value is -2.89. The second-order valence-electron chi connectivity index (χ2n) is 3.94. The second-order valence-corrected chi connectivity index (χ2v) is 3.94. The number of furan rings is 1. The van der Waals surface area contributed by atoms with E-state index in [2.05, 4.69) is 0 Å². The quantitative estimate of drug-likeness (QED) is 0.521. The Bertz CT molecular complexity index is 785. The van der Waals surface area contributed by atoms with E-state index >= 15 is 0 Å². The summed E-state index contributed by atoms with van der Waals surface area (Å²) < 4.78 is 6.31. The summed E-state index contributed by atoms with van der Waals surface area (Å²) in [4.78, 5) is 22.1. The Labute approximate surface area is 107 Å². The van der Waals surface area contributed by atoms with Crippen molar-refractivity contribution < 1.29 is 14.1 Å². The molecule has 0 spiro atoms. The molecule has 19 heavy (non-hydrogen) atoms. The Morgan fingerprint density at radius 2 is 1.95 bits per heavy atom. The number of carbonyl (C=O) groups excluding carboxylic acids is 1. The Kier molecular flexibility index (Phi) is 2.42. The molecule has 0 aliphatic heterocycles. The Morgan fingerprint density at radius 3 is 2.68 bits per heavy atom. The molecule has 0 aliphatic carbocycles. The van der Waals surface area contributed by atoms with Gasteiger partial charge in [0.25, 0.3) is 5.91 Å². The number of fused-ring (bicyclic) bond motifs is 1. The topological polar surface area (TPSA) is 78.3 Å². The van der Waals surface area contributed by atoms with Crippen LogP contribution in [0.15, 0.2) is 53.1 Å². The van der Waals surface area contributed by atoms with E-state index in [1.54, 1.807) is 18.3 Å². The molecule has 0 N–H and O–H groups in total.